The Morgan fingerprint density at radius 1 is 0.789 bits per heavy atom. The van der Waals surface area contributed by atoms with Crippen molar-refractivity contribution in [1.29, 1.82) is 0 Å². The predicted octanol–water partition coefficient (Wildman–Crippen LogP) is -0.813. The lowest BCUT2D eigenvalue weighted by Gasteiger charge is -2.25. The average Bonchev–Trinajstić information content (AvgIpc) is 2.81. The highest BCUT2D eigenvalue weighted by atomic mass is 16.4. The van der Waals surface area contributed by atoms with E-state index in [4.69, 9.17) is 10.8 Å². The first-order valence-electron chi connectivity index (χ1n) is 11.8. The summed E-state index contributed by atoms with van der Waals surface area (Å²) in [6, 6.07) is -0.0272. The van der Waals surface area contributed by atoms with Crippen LogP contribution in [0.4, 0.5) is 0 Å². The fraction of sp³-hybridized carbons (Fsp3) is 0.500. The van der Waals surface area contributed by atoms with Crippen LogP contribution in [0.5, 0.6) is 5.75 Å². The van der Waals surface area contributed by atoms with Gasteiger partial charge in [-0.2, -0.15) is 0 Å². The van der Waals surface area contributed by atoms with Crippen LogP contribution in [0.2, 0.25) is 0 Å². The lowest BCUT2D eigenvalue weighted by molar-refractivity contribution is -0.144. The number of benzene rings is 1. The van der Waals surface area contributed by atoms with Crippen molar-refractivity contribution in [3.05, 3.63) is 29.8 Å². The minimum atomic E-state index is -1.67. The van der Waals surface area contributed by atoms with E-state index in [-0.39, 0.29) is 30.9 Å². The van der Waals surface area contributed by atoms with Crippen molar-refractivity contribution in [2.45, 2.75) is 70.1 Å². The van der Waals surface area contributed by atoms with E-state index in [0.717, 1.165) is 0 Å². The first-order chi connectivity index (χ1) is 17.7. The van der Waals surface area contributed by atoms with Gasteiger partial charge < -0.3 is 42.1 Å². The Hall–Kier alpha value is -4.20. The molecular formula is C24H34N4O10. The number of phenols is 1. The van der Waals surface area contributed by atoms with Crippen molar-refractivity contribution in [1.82, 2.24) is 16.0 Å². The van der Waals surface area contributed by atoms with Crippen LogP contribution in [0.3, 0.4) is 0 Å². The van der Waals surface area contributed by atoms with Gasteiger partial charge in [0.1, 0.15) is 23.9 Å². The van der Waals surface area contributed by atoms with Crippen molar-refractivity contribution in [3.63, 3.8) is 0 Å². The molecule has 3 amide bonds. The largest absolute Gasteiger partial charge is 0.508 e. The molecule has 9 N–H and O–H groups in total. The molecule has 14 nitrogen and oxygen atoms in total. The number of amides is 3. The van der Waals surface area contributed by atoms with E-state index in [2.05, 4.69) is 16.0 Å². The number of carboxylic acid groups (broad SMARTS) is 3. The molecule has 210 valence electrons. The zero-order valence-electron chi connectivity index (χ0n) is 21.0. The van der Waals surface area contributed by atoms with Crippen molar-refractivity contribution < 1.29 is 49.2 Å². The van der Waals surface area contributed by atoms with Crippen LogP contribution >= 0.6 is 0 Å². The van der Waals surface area contributed by atoms with Crippen molar-refractivity contribution in [2.24, 2.45) is 11.7 Å². The summed E-state index contributed by atoms with van der Waals surface area (Å²) >= 11 is 0. The molecule has 0 saturated carbocycles. The molecule has 0 aromatic heterocycles. The highest BCUT2D eigenvalue weighted by Gasteiger charge is 2.32. The highest BCUT2D eigenvalue weighted by Crippen LogP contribution is 2.12. The number of phenolic OH excluding ortho intramolecular Hbond substituents is 1. The Kier molecular flexibility index (Phi) is 12.7. The second-order valence-electron chi connectivity index (χ2n) is 9.16. The van der Waals surface area contributed by atoms with E-state index in [9.17, 15) is 44.1 Å². The number of carbonyl (C=O) groups is 6. The zero-order valence-corrected chi connectivity index (χ0v) is 21.0. The summed E-state index contributed by atoms with van der Waals surface area (Å²) in [5, 5.41) is 43.8. The van der Waals surface area contributed by atoms with Crippen molar-refractivity contribution >= 4 is 35.6 Å². The number of aliphatic carboxylic acids is 3. The van der Waals surface area contributed by atoms with Crippen molar-refractivity contribution in [3.8, 4) is 5.75 Å². The summed E-state index contributed by atoms with van der Waals surface area (Å²) in [5.41, 5.74) is 6.20. The lowest BCUT2D eigenvalue weighted by atomic mass is 10.0. The third-order valence-corrected chi connectivity index (χ3v) is 5.35. The lowest BCUT2D eigenvalue weighted by Crippen LogP contribution is -2.58. The molecule has 14 heteroatoms. The molecule has 0 radical (unpaired) electrons. The maximum absolute atomic E-state index is 13.1. The van der Waals surface area contributed by atoms with E-state index < -0.39 is 72.6 Å². The molecule has 0 fully saturated rings. The average molecular weight is 539 g/mol. The number of nitrogens with one attached hydrogen (secondary N) is 3. The van der Waals surface area contributed by atoms with Gasteiger partial charge in [0.25, 0.3) is 0 Å². The Labute approximate surface area is 218 Å². The van der Waals surface area contributed by atoms with Gasteiger partial charge in [-0.05, 0) is 36.5 Å². The number of aromatic hydroxyl groups is 1. The van der Waals surface area contributed by atoms with Gasteiger partial charge in [0.05, 0.1) is 12.5 Å². The molecule has 4 unspecified atom stereocenters. The molecule has 0 aliphatic carbocycles. The summed E-state index contributed by atoms with van der Waals surface area (Å²) in [5.74, 6) is -6.98. The normalized spacial score (nSPS) is 14.0. The summed E-state index contributed by atoms with van der Waals surface area (Å²) in [6.07, 6.45) is -1.58. The summed E-state index contributed by atoms with van der Waals surface area (Å²) in [4.78, 5) is 72.1. The third-order valence-electron chi connectivity index (χ3n) is 5.35. The number of hydrogen-bond acceptors (Lipinski definition) is 8. The van der Waals surface area contributed by atoms with Gasteiger partial charge in [-0.3, -0.25) is 24.0 Å². The fourth-order valence-corrected chi connectivity index (χ4v) is 3.39. The molecule has 1 aromatic rings. The Balaban J connectivity index is 3.14. The number of hydrogen-bond donors (Lipinski definition) is 8. The highest BCUT2D eigenvalue weighted by molar-refractivity contribution is 5.95. The number of carbonyl (C=O) groups excluding carboxylic acids is 3. The molecule has 4 atom stereocenters. The smallest absolute Gasteiger partial charge is 0.326 e. The van der Waals surface area contributed by atoms with Crippen molar-refractivity contribution in [2.75, 3.05) is 0 Å². The van der Waals surface area contributed by atoms with Gasteiger partial charge in [-0.1, -0.05) is 26.0 Å². The molecule has 38 heavy (non-hydrogen) atoms. The van der Waals surface area contributed by atoms with Crippen LogP contribution in [0.25, 0.3) is 0 Å². The number of carboxylic acids is 3. The Bertz CT molecular complexity index is 1010. The summed E-state index contributed by atoms with van der Waals surface area (Å²) in [7, 11) is 0. The predicted molar refractivity (Wildman–Crippen MR) is 132 cm³/mol. The summed E-state index contributed by atoms with van der Waals surface area (Å²) < 4.78 is 0. The Morgan fingerprint density at radius 3 is 1.82 bits per heavy atom. The van der Waals surface area contributed by atoms with Gasteiger partial charge in [0.2, 0.25) is 17.7 Å². The maximum Gasteiger partial charge on any atom is 0.326 e. The SMILES string of the molecule is CC(C)CC(NC(=O)C(CC(=O)O)NC(=O)C(Cc1ccc(O)cc1)NC(=O)C(N)CCC(=O)O)C(=O)O. The van der Waals surface area contributed by atoms with E-state index in [1.54, 1.807) is 13.8 Å². The van der Waals surface area contributed by atoms with E-state index in [1.807, 2.05) is 0 Å². The molecular weight excluding hydrogens is 504 g/mol. The minimum absolute atomic E-state index is 0.0537. The van der Waals surface area contributed by atoms with E-state index >= 15 is 0 Å². The van der Waals surface area contributed by atoms with Crippen LogP contribution < -0.4 is 21.7 Å². The first kappa shape index (κ1) is 31.8. The van der Waals surface area contributed by atoms with E-state index in [0.29, 0.717) is 5.56 Å². The minimum Gasteiger partial charge on any atom is -0.508 e. The van der Waals surface area contributed by atoms with Gasteiger partial charge in [0.15, 0.2) is 0 Å². The second kappa shape index (κ2) is 15.1. The van der Waals surface area contributed by atoms with Crippen LogP contribution in [0.15, 0.2) is 24.3 Å². The van der Waals surface area contributed by atoms with Crippen LogP contribution in [0.1, 0.15) is 45.1 Å². The van der Waals surface area contributed by atoms with Gasteiger partial charge in [-0.25, -0.2) is 4.79 Å². The molecule has 0 spiro atoms. The molecule has 1 rings (SSSR count). The van der Waals surface area contributed by atoms with Gasteiger partial charge in [-0.15, -0.1) is 0 Å². The number of rotatable bonds is 16. The van der Waals surface area contributed by atoms with Crippen LogP contribution in [0, 0.1) is 5.92 Å². The van der Waals surface area contributed by atoms with Gasteiger partial charge in [0, 0.05) is 12.8 Å². The molecule has 0 aliphatic rings. The van der Waals surface area contributed by atoms with Gasteiger partial charge >= 0.3 is 17.9 Å². The molecule has 0 heterocycles. The van der Waals surface area contributed by atoms with Crippen LogP contribution in [-0.2, 0) is 35.2 Å². The second-order valence-corrected chi connectivity index (χ2v) is 9.16. The first-order valence-corrected chi connectivity index (χ1v) is 11.8. The number of nitrogens with two attached hydrogens (primary N) is 1. The summed E-state index contributed by atoms with van der Waals surface area (Å²) in [6.45, 7) is 3.47. The third kappa shape index (κ3) is 11.7. The van der Waals surface area contributed by atoms with Crippen LogP contribution in [-0.4, -0.2) is 80.2 Å². The zero-order chi connectivity index (χ0) is 29.0. The Morgan fingerprint density at radius 2 is 1.32 bits per heavy atom. The molecule has 0 bridgehead atoms. The fourth-order valence-electron chi connectivity index (χ4n) is 3.39. The standard InChI is InChI=1S/C24H34N4O10/c1-12(2)9-18(24(37)38)28-23(36)17(11-20(32)33)27-22(35)16(10-13-3-5-14(29)6-4-13)26-21(34)15(25)7-8-19(30)31/h3-6,12,15-18,29H,7-11,25H2,1-2H3,(H,26,34)(H,27,35)(H,28,36)(H,30,31)(H,32,33)(H,37,38). The molecule has 0 saturated heterocycles. The topological polar surface area (TPSA) is 245 Å². The molecule has 0 aliphatic heterocycles. The molecule has 1 aromatic carbocycles. The van der Waals surface area contributed by atoms with E-state index in [1.165, 1.54) is 24.3 Å². The quantitative estimate of drug-likeness (QED) is 0.129. The maximum atomic E-state index is 13.1. The monoisotopic (exact) mass is 538 g/mol.